The lowest BCUT2D eigenvalue weighted by atomic mass is 10.0. The van der Waals surface area contributed by atoms with Crippen molar-refractivity contribution in [3.05, 3.63) is 60.2 Å². The van der Waals surface area contributed by atoms with Gasteiger partial charge in [-0.05, 0) is 36.0 Å². The number of unbranched alkanes of at least 4 members (excludes halogenated alkanes) is 1. The molecule has 3 nitrogen and oxygen atoms in total. The number of methoxy groups -OCH3 is 1. The van der Waals surface area contributed by atoms with Crippen molar-refractivity contribution in [2.75, 3.05) is 18.6 Å². The molecule has 1 unspecified atom stereocenters. The molecule has 0 aliphatic carbocycles. The van der Waals surface area contributed by atoms with Crippen molar-refractivity contribution in [1.29, 1.82) is 0 Å². The molecular formula is C19H22O3S. The number of hydrogen-bond acceptors (Lipinski definition) is 3. The third-order valence-electron chi connectivity index (χ3n) is 3.66. The summed E-state index contributed by atoms with van der Waals surface area (Å²) in [6, 6.07) is 18.9. The number of aryl methyl sites for hydroxylation is 1. The van der Waals surface area contributed by atoms with Gasteiger partial charge in [-0.3, -0.25) is 9.00 Å². The van der Waals surface area contributed by atoms with Crippen LogP contribution in [0, 0.1) is 0 Å². The fourth-order valence-corrected chi connectivity index (χ4v) is 3.40. The molecule has 0 N–H and O–H groups in total. The fraction of sp³-hybridized carbons (Fsp3) is 0.316. The first kappa shape index (κ1) is 17.4. The van der Waals surface area contributed by atoms with Crippen molar-refractivity contribution in [3.8, 4) is 11.1 Å². The molecule has 4 heteroatoms. The predicted molar refractivity (Wildman–Crippen MR) is 94.7 cm³/mol. The summed E-state index contributed by atoms with van der Waals surface area (Å²) in [5.41, 5.74) is 3.72. The molecule has 0 bridgehead atoms. The summed E-state index contributed by atoms with van der Waals surface area (Å²) >= 11 is 0. The lowest BCUT2D eigenvalue weighted by Crippen LogP contribution is -2.14. The van der Waals surface area contributed by atoms with E-state index in [1.54, 1.807) is 0 Å². The highest BCUT2D eigenvalue weighted by atomic mass is 32.2. The van der Waals surface area contributed by atoms with Crippen LogP contribution < -0.4 is 0 Å². The molecule has 2 aromatic rings. The summed E-state index contributed by atoms with van der Waals surface area (Å²) in [6.07, 6.45) is 2.78. The lowest BCUT2D eigenvalue weighted by Gasteiger charge is -2.05. The molecule has 0 radical (unpaired) electrons. The highest BCUT2D eigenvalue weighted by Gasteiger charge is 2.07. The van der Waals surface area contributed by atoms with Crippen molar-refractivity contribution in [2.24, 2.45) is 0 Å². The number of esters is 1. The maximum Gasteiger partial charge on any atom is 0.318 e. The molecule has 0 heterocycles. The zero-order valence-electron chi connectivity index (χ0n) is 13.4. The van der Waals surface area contributed by atoms with Crippen LogP contribution in [-0.4, -0.2) is 28.8 Å². The Kier molecular flexibility index (Phi) is 7.01. The maximum absolute atomic E-state index is 11.6. The van der Waals surface area contributed by atoms with E-state index in [0.29, 0.717) is 5.75 Å². The van der Waals surface area contributed by atoms with Gasteiger partial charge in [0, 0.05) is 16.6 Å². The van der Waals surface area contributed by atoms with Gasteiger partial charge in [0.15, 0.2) is 0 Å². The van der Waals surface area contributed by atoms with Gasteiger partial charge in [-0.15, -0.1) is 0 Å². The fourth-order valence-electron chi connectivity index (χ4n) is 2.35. The van der Waals surface area contributed by atoms with E-state index in [1.165, 1.54) is 23.8 Å². The summed E-state index contributed by atoms with van der Waals surface area (Å²) in [4.78, 5) is 11.0. The Morgan fingerprint density at radius 3 is 2.26 bits per heavy atom. The van der Waals surface area contributed by atoms with E-state index in [9.17, 15) is 9.00 Å². The van der Waals surface area contributed by atoms with Gasteiger partial charge in [0.25, 0.3) is 0 Å². The largest absolute Gasteiger partial charge is 0.468 e. The topological polar surface area (TPSA) is 43.4 Å². The van der Waals surface area contributed by atoms with E-state index in [4.69, 9.17) is 0 Å². The van der Waals surface area contributed by atoms with Crippen LogP contribution in [0.4, 0.5) is 0 Å². The highest BCUT2D eigenvalue weighted by molar-refractivity contribution is 7.85. The Labute approximate surface area is 140 Å². The molecule has 23 heavy (non-hydrogen) atoms. The van der Waals surface area contributed by atoms with Crippen molar-refractivity contribution in [1.82, 2.24) is 0 Å². The summed E-state index contributed by atoms with van der Waals surface area (Å²) in [6.45, 7) is 0. The zero-order chi connectivity index (χ0) is 16.5. The van der Waals surface area contributed by atoms with Crippen LogP contribution in [0.15, 0.2) is 54.6 Å². The number of rotatable bonds is 8. The van der Waals surface area contributed by atoms with Crippen molar-refractivity contribution < 1.29 is 13.7 Å². The average Bonchev–Trinajstić information content (AvgIpc) is 2.60. The molecule has 2 rings (SSSR count). The Balaban J connectivity index is 1.74. The quantitative estimate of drug-likeness (QED) is 0.549. The Morgan fingerprint density at radius 2 is 1.61 bits per heavy atom. The van der Waals surface area contributed by atoms with Crippen LogP contribution in [0.25, 0.3) is 11.1 Å². The molecule has 0 aliphatic heterocycles. The Bertz CT molecular complexity index is 635. The second-order valence-electron chi connectivity index (χ2n) is 5.38. The van der Waals surface area contributed by atoms with E-state index in [1.807, 2.05) is 18.2 Å². The Hall–Kier alpha value is -1.94. The van der Waals surface area contributed by atoms with Crippen LogP contribution >= 0.6 is 0 Å². The van der Waals surface area contributed by atoms with Crippen LogP contribution in [-0.2, 0) is 26.8 Å². The second-order valence-corrected chi connectivity index (χ2v) is 6.96. The highest BCUT2D eigenvalue weighted by Crippen LogP contribution is 2.19. The zero-order valence-corrected chi connectivity index (χ0v) is 14.2. The second kappa shape index (κ2) is 9.26. The molecule has 0 spiro atoms. The molecule has 0 aliphatic rings. The van der Waals surface area contributed by atoms with Crippen molar-refractivity contribution in [3.63, 3.8) is 0 Å². The van der Waals surface area contributed by atoms with E-state index in [2.05, 4.69) is 41.1 Å². The molecule has 0 saturated heterocycles. The average molecular weight is 330 g/mol. The monoisotopic (exact) mass is 330 g/mol. The van der Waals surface area contributed by atoms with Gasteiger partial charge < -0.3 is 4.74 Å². The van der Waals surface area contributed by atoms with Crippen LogP contribution in [0.3, 0.4) is 0 Å². The first-order chi connectivity index (χ1) is 11.2. The third kappa shape index (κ3) is 5.99. The van der Waals surface area contributed by atoms with Gasteiger partial charge in [-0.25, -0.2) is 0 Å². The number of hydrogen-bond donors (Lipinski definition) is 0. The van der Waals surface area contributed by atoms with E-state index in [0.717, 1.165) is 19.3 Å². The number of carbonyl (C=O) groups excluding carboxylic acids is 1. The van der Waals surface area contributed by atoms with E-state index >= 15 is 0 Å². The third-order valence-corrected chi connectivity index (χ3v) is 4.96. The Morgan fingerprint density at radius 1 is 0.957 bits per heavy atom. The molecule has 122 valence electrons. The van der Waals surface area contributed by atoms with Gasteiger partial charge in [0.05, 0.1) is 7.11 Å². The maximum atomic E-state index is 11.6. The number of benzene rings is 2. The van der Waals surface area contributed by atoms with Crippen LogP contribution in [0.1, 0.15) is 18.4 Å². The normalized spacial score (nSPS) is 11.9. The first-order valence-electron chi connectivity index (χ1n) is 7.75. The minimum absolute atomic E-state index is 0.00225. The minimum Gasteiger partial charge on any atom is -0.468 e. The molecule has 0 saturated carbocycles. The summed E-state index contributed by atoms with van der Waals surface area (Å²) in [5, 5.41) is 0. The first-order valence-corrected chi connectivity index (χ1v) is 9.24. The van der Waals surface area contributed by atoms with Gasteiger partial charge >= 0.3 is 5.97 Å². The number of carbonyl (C=O) groups is 1. The minimum atomic E-state index is -1.11. The smallest absolute Gasteiger partial charge is 0.318 e. The molecule has 1 atom stereocenters. The molecule has 0 aromatic heterocycles. The van der Waals surface area contributed by atoms with Gasteiger partial charge in [-0.1, -0.05) is 54.6 Å². The predicted octanol–water partition coefficient (Wildman–Crippen LogP) is 3.60. The summed E-state index contributed by atoms with van der Waals surface area (Å²) < 4.78 is 16.1. The standard InChI is InChI=1S/C19H22O3S/c1-22-19(20)15-23(21)14-6-5-7-16-10-12-18(13-11-16)17-8-3-2-4-9-17/h2-4,8-13H,5-7,14-15H2,1H3. The molecular weight excluding hydrogens is 308 g/mol. The molecule has 0 fully saturated rings. The van der Waals surface area contributed by atoms with Crippen LogP contribution in [0.5, 0.6) is 0 Å². The lowest BCUT2D eigenvalue weighted by molar-refractivity contribution is -0.137. The van der Waals surface area contributed by atoms with Crippen molar-refractivity contribution >= 4 is 16.8 Å². The molecule has 2 aromatic carbocycles. The summed E-state index contributed by atoms with van der Waals surface area (Å²) in [5.74, 6) is 0.152. The van der Waals surface area contributed by atoms with Gasteiger partial charge in [-0.2, -0.15) is 0 Å². The van der Waals surface area contributed by atoms with Gasteiger partial charge in [0.2, 0.25) is 0 Å². The van der Waals surface area contributed by atoms with Crippen LogP contribution in [0.2, 0.25) is 0 Å². The summed E-state index contributed by atoms with van der Waals surface area (Å²) in [7, 11) is 0.207. The van der Waals surface area contributed by atoms with Gasteiger partial charge in [0.1, 0.15) is 5.75 Å². The van der Waals surface area contributed by atoms with E-state index < -0.39 is 16.8 Å². The van der Waals surface area contributed by atoms with Crippen molar-refractivity contribution in [2.45, 2.75) is 19.3 Å². The van der Waals surface area contributed by atoms with E-state index in [-0.39, 0.29) is 5.75 Å². The number of ether oxygens (including phenoxy) is 1. The SMILES string of the molecule is COC(=O)CS(=O)CCCCc1ccc(-c2ccccc2)cc1. The molecule has 0 amide bonds.